The molecule has 6 heteroatoms. The van der Waals surface area contributed by atoms with Gasteiger partial charge in [-0.3, -0.25) is 4.79 Å². The predicted molar refractivity (Wildman–Crippen MR) is 73.8 cm³/mol. The van der Waals surface area contributed by atoms with E-state index in [1.54, 1.807) is 43.1 Å². The van der Waals surface area contributed by atoms with Crippen LogP contribution in [0.25, 0.3) is 0 Å². The van der Waals surface area contributed by atoms with Crippen LogP contribution in [-0.2, 0) is 14.6 Å². The molecule has 2 rings (SSSR count). The zero-order chi connectivity index (χ0) is 14.0. The molecule has 0 aromatic heterocycles. The van der Waals surface area contributed by atoms with Crippen molar-refractivity contribution in [3.05, 3.63) is 24.3 Å². The number of likely N-dealkylation sites (tertiary alicyclic amines) is 1. The van der Waals surface area contributed by atoms with Gasteiger partial charge in [-0.25, -0.2) is 8.42 Å². The van der Waals surface area contributed by atoms with Crippen molar-refractivity contribution in [1.82, 2.24) is 4.90 Å². The second-order valence-electron chi connectivity index (χ2n) is 4.64. The van der Waals surface area contributed by atoms with Crippen LogP contribution in [0.4, 0.5) is 5.69 Å². The molecule has 0 spiro atoms. The number of hydrogen-bond donors (Lipinski definition) is 1. The minimum absolute atomic E-state index is 0.00343. The number of nitrogens with zero attached hydrogens (tertiary/aromatic N) is 1. The highest BCUT2D eigenvalue weighted by atomic mass is 32.2. The largest absolute Gasteiger partial charge is 0.373 e. The van der Waals surface area contributed by atoms with E-state index in [0.717, 1.165) is 0 Å². The summed E-state index contributed by atoms with van der Waals surface area (Å²) in [6.07, 6.45) is 0.690. The van der Waals surface area contributed by atoms with Crippen molar-refractivity contribution in [2.45, 2.75) is 24.3 Å². The van der Waals surface area contributed by atoms with Crippen molar-refractivity contribution in [3.63, 3.8) is 0 Å². The molecule has 0 bridgehead atoms. The van der Waals surface area contributed by atoms with Crippen LogP contribution < -0.4 is 5.32 Å². The number of para-hydroxylation sites is 1. The normalized spacial score (nSPS) is 19.8. The van der Waals surface area contributed by atoms with Crippen molar-refractivity contribution in [2.75, 3.05) is 24.7 Å². The molecule has 1 unspecified atom stereocenters. The molecule has 1 heterocycles. The maximum absolute atomic E-state index is 12.0. The average Bonchev–Trinajstić information content (AvgIpc) is 2.71. The summed E-state index contributed by atoms with van der Waals surface area (Å²) in [4.78, 5) is 13.8. The summed E-state index contributed by atoms with van der Waals surface area (Å²) in [5, 5.41) is 3.06. The Morgan fingerprint density at radius 1 is 1.37 bits per heavy atom. The first-order valence-electron chi connectivity index (χ1n) is 6.29. The van der Waals surface area contributed by atoms with Crippen LogP contribution in [0.2, 0.25) is 0 Å². The summed E-state index contributed by atoms with van der Waals surface area (Å²) in [6.45, 7) is 2.31. The monoisotopic (exact) mass is 282 g/mol. The van der Waals surface area contributed by atoms with E-state index < -0.39 is 9.84 Å². The molecule has 1 atom stereocenters. The van der Waals surface area contributed by atoms with Gasteiger partial charge in [0.15, 0.2) is 9.84 Å². The molecule has 1 amide bonds. The highest BCUT2D eigenvalue weighted by Gasteiger charge is 2.30. The maximum atomic E-state index is 12.0. The lowest BCUT2D eigenvalue weighted by Gasteiger charge is -2.16. The summed E-state index contributed by atoms with van der Waals surface area (Å²) >= 11 is 0. The smallest absolute Gasteiger partial charge is 0.244 e. The van der Waals surface area contributed by atoms with Crippen LogP contribution in [0.15, 0.2) is 29.2 Å². The molecular weight excluding hydrogens is 264 g/mol. The molecule has 0 radical (unpaired) electrons. The zero-order valence-electron chi connectivity index (χ0n) is 11.1. The molecule has 1 fully saturated rings. The van der Waals surface area contributed by atoms with Crippen LogP contribution in [-0.4, -0.2) is 44.6 Å². The van der Waals surface area contributed by atoms with Gasteiger partial charge in [0.2, 0.25) is 5.91 Å². The van der Waals surface area contributed by atoms with Gasteiger partial charge in [-0.1, -0.05) is 19.1 Å². The summed E-state index contributed by atoms with van der Waals surface area (Å²) in [6, 6.07) is 6.40. The number of sulfone groups is 1. The number of anilines is 1. The molecule has 1 aliphatic heterocycles. The SMILES string of the molecule is CCS(=O)(=O)c1ccccc1NC1CCN(C)C1=O. The number of amides is 1. The predicted octanol–water partition coefficient (Wildman–Crippen LogP) is 1.12. The first-order valence-corrected chi connectivity index (χ1v) is 7.94. The van der Waals surface area contributed by atoms with Crippen molar-refractivity contribution in [2.24, 2.45) is 0 Å². The maximum Gasteiger partial charge on any atom is 0.244 e. The number of hydrogen-bond acceptors (Lipinski definition) is 4. The van der Waals surface area contributed by atoms with Crippen LogP contribution in [0.5, 0.6) is 0 Å². The van der Waals surface area contributed by atoms with E-state index in [-0.39, 0.29) is 22.6 Å². The average molecular weight is 282 g/mol. The van der Waals surface area contributed by atoms with Crippen molar-refractivity contribution >= 4 is 21.4 Å². The third-order valence-corrected chi connectivity index (χ3v) is 5.15. The number of nitrogens with one attached hydrogen (secondary N) is 1. The Balaban J connectivity index is 2.29. The van der Waals surface area contributed by atoms with E-state index in [1.165, 1.54) is 0 Å². The van der Waals surface area contributed by atoms with Gasteiger partial charge in [-0.15, -0.1) is 0 Å². The van der Waals surface area contributed by atoms with E-state index in [2.05, 4.69) is 5.32 Å². The first kappa shape index (κ1) is 13.9. The van der Waals surface area contributed by atoms with Crippen molar-refractivity contribution in [1.29, 1.82) is 0 Å². The highest BCUT2D eigenvalue weighted by Crippen LogP contribution is 2.24. The fourth-order valence-electron chi connectivity index (χ4n) is 2.16. The van der Waals surface area contributed by atoms with E-state index in [0.29, 0.717) is 18.7 Å². The molecule has 0 aliphatic carbocycles. The molecule has 1 aromatic rings. The minimum Gasteiger partial charge on any atom is -0.373 e. The lowest BCUT2D eigenvalue weighted by Crippen LogP contribution is -2.31. The second kappa shape index (κ2) is 5.21. The Morgan fingerprint density at radius 3 is 2.63 bits per heavy atom. The summed E-state index contributed by atoms with van der Waals surface area (Å²) in [5.74, 6) is 0.0493. The van der Waals surface area contributed by atoms with Gasteiger partial charge < -0.3 is 10.2 Å². The number of likely N-dealkylation sites (N-methyl/N-ethyl adjacent to an activating group) is 1. The summed E-state index contributed by atoms with van der Waals surface area (Å²) < 4.78 is 24.0. The molecule has 104 valence electrons. The lowest BCUT2D eigenvalue weighted by molar-refractivity contribution is -0.127. The van der Waals surface area contributed by atoms with E-state index in [4.69, 9.17) is 0 Å². The van der Waals surface area contributed by atoms with Crippen molar-refractivity contribution in [3.8, 4) is 0 Å². The summed E-state index contributed by atoms with van der Waals surface area (Å²) in [5.41, 5.74) is 0.512. The molecule has 19 heavy (non-hydrogen) atoms. The fourth-order valence-corrected chi connectivity index (χ4v) is 3.22. The second-order valence-corrected chi connectivity index (χ2v) is 6.89. The lowest BCUT2D eigenvalue weighted by atomic mass is 10.2. The zero-order valence-corrected chi connectivity index (χ0v) is 11.9. The van der Waals surface area contributed by atoms with Gasteiger partial charge in [0, 0.05) is 13.6 Å². The Kier molecular flexibility index (Phi) is 3.80. The number of rotatable bonds is 4. The topological polar surface area (TPSA) is 66.5 Å². The molecular formula is C13H18N2O3S. The Bertz CT molecular complexity index is 583. The third kappa shape index (κ3) is 2.73. The quantitative estimate of drug-likeness (QED) is 0.899. The van der Waals surface area contributed by atoms with Crippen LogP contribution in [0.3, 0.4) is 0 Å². The van der Waals surface area contributed by atoms with E-state index in [1.807, 2.05) is 0 Å². The molecule has 0 saturated carbocycles. The Labute approximate surface area is 113 Å². The highest BCUT2D eigenvalue weighted by molar-refractivity contribution is 7.91. The molecule has 1 aliphatic rings. The standard InChI is InChI=1S/C13H18N2O3S/c1-3-19(17,18)12-7-5-4-6-10(12)14-11-8-9-15(2)13(11)16/h4-7,11,14H,3,8-9H2,1-2H3. The Hall–Kier alpha value is -1.56. The minimum atomic E-state index is -3.29. The third-order valence-electron chi connectivity index (χ3n) is 3.36. The summed E-state index contributed by atoms with van der Waals surface area (Å²) in [7, 11) is -1.54. The van der Waals surface area contributed by atoms with Gasteiger partial charge in [-0.2, -0.15) is 0 Å². The van der Waals surface area contributed by atoms with Crippen LogP contribution in [0, 0.1) is 0 Å². The van der Waals surface area contributed by atoms with E-state index in [9.17, 15) is 13.2 Å². The molecule has 1 N–H and O–H groups in total. The molecule has 5 nitrogen and oxygen atoms in total. The van der Waals surface area contributed by atoms with Crippen LogP contribution in [0.1, 0.15) is 13.3 Å². The van der Waals surface area contributed by atoms with Gasteiger partial charge in [0.1, 0.15) is 6.04 Å². The molecule has 1 aromatic carbocycles. The fraction of sp³-hybridized carbons (Fsp3) is 0.462. The number of benzene rings is 1. The van der Waals surface area contributed by atoms with Crippen molar-refractivity contribution < 1.29 is 13.2 Å². The Morgan fingerprint density at radius 2 is 2.05 bits per heavy atom. The van der Waals surface area contributed by atoms with E-state index >= 15 is 0 Å². The van der Waals surface area contributed by atoms with Crippen LogP contribution >= 0.6 is 0 Å². The first-order chi connectivity index (χ1) is 8.95. The molecule has 1 saturated heterocycles. The van der Waals surface area contributed by atoms with Gasteiger partial charge in [0.25, 0.3) is 0 Å². The van der Waals surface area contributed by atoms with Gasteiger partial charge >= 0.3 is 0 Å². The number of carbonyl (C=O) groups excluding carboxylic acids is 1. The van der Waals surface area contributed by atoms with Gasteiger partial charge in [-0.05, 0) is 18.6 Å². The number of carbonyl (C=O) groups is 1. The van der Waals surface area contributed by atoms with Gasteiger partial charge in [0.05, 0.1) is 16.3 Å².